The lowest BCUT2D eigenvalue weighted by molar-refractivity contribution is 0.00578. The van der Waals surface area contributed by atoms with E-state index in [2.05, 4.69) is 66.2 Å². The lowest BCUT2D eigenvalue weighted by Crippen LogP contribution is -2.41. The number of fused-ring (bicyclic) bond motifs is 3. The first-order chi connectivity index (χ1) is 19.7. The summed E-state index contributed by atoms with van der Waals surface area (Å²) < 4.78 is 18.6. The van der Waals surface area contributed by atoms with Gasteiger partial charge in [0, 0.05) is 17.3 Å². The van der Waals surface area contributed by atoms with Crippen molar-refractivity contribution in [3.05, 3.63) is 87.0 Å². The van der Waals surface area contributed by atoms with Crippen LogP contribution in [-0.4, -0.2) is 37.6 Å². The Kier molecular flexibility index (Phi) is 9.07. The maximum absolute atomic E-state index is 13.0. The number of amides is 1. The van der Waals surface area contributed by atoms with E-state index in [1.807, 2.05) is 39.8 Å². The van der Waals surface area contributed by atoms with E-state index in [9.17, 15) is 4.79 Å². The van der Waals surface area contributed by atoms with Crippen LogP contribution in [0.1, 0.15) is 87.8 Å². The summed E-state index contributed by atoms with van der Waals surface area (Å²) in [4.78, 5) is 14.2. The largest absolute Gasteiger partial charge is 0.492 e. The van der Waals surface area contributed by atoms with E-state index < -0.39 is 24.4 Å². The van der Waals surface area contributed by atoms with Gasteiger partial charge < -0.3 is 19.4 Å². The smallest absolute Gasteiger partial charge is 0.449 e. The van der Waals surface area contributed by atoms with Crippen molar-refractivity contribution in [1.29, 1.82) is 0 Å². The number of carbonyl (C=O) groups is 1. The summed E-state index contributed by atoms with van der Waals surface area (Å²) in [6.07, 6.45) is 7.65. The van der Waals surface area contributed by atoms with E-state index in [1.165, 1.54) is 58.4 Å². The highest BCUT2D eigenvalue weighted by Crippen LogP contribution is 2.44. The fourth-order valence-electron chi connectivity index (χ4n) is 5.61. The van der Waals surface area contributed by atoms with Crippen LogP contribution in [0.5, 0.6) is 0 Å². The highest BCUT2D eigenvalue weighted by molar-refractivity contribution is 7.11. The molecule has 1 amide bonds. The molecule has 41 heavy (non-hydrogen) atoms. The standard InChI is InChI=1S/C34H42BNO4S/c1-6-7-8-9-14-24-19-20-41-31(24)21-25(35-39-33(2,3)34(4,5)40-35)22-36-32(37)38-23-30-28-17-12-10-15-26(28)27-16-11-13-18-29(27)30/h10-13,15-21,30H,6-9,14,22-23H2,1-5H3,(H,36,37). The molecular formula is C34H42BNO4S. The quantitative estimate of drug-likeness (QED) is 0.185. The second kappa shape index (κ2) is 12.6. The van der Waals surface area contributed by atoms with Gasteiger partial charge in [-0.25, -0.2) is 4.79 Å². The van der Waals surface area contributed by atoms with Crippen LogP contribution in [0.2, 0.25) is 0 Å². The molecule has 2 aliphatic rings. The number of rotatable bonds is 11. The molecule has 0 saturated carbocycles. The number of hydrogen-bond acceptors (Lipinski definition) is 5. The van der Waals surface area contributed by atoms with E-state index in [1.54, 1.807) is 11.3 Å². The molecule has 0 unspecified atom stereocenters. The minimum atomic E-state index is -0.552. The Hall–Kier alpha value is -2.87. The fourth-order valence-corrected chi connectivity index (χ4v) is 6.53. The zero-order valence-electron chi connectivity index (χ0n) is 25.0. The Labute approximate surface area is 249 Å². The Morgan fingerprint density at radius 1 is 0.951 bits per heavy atom. The van der Waals surface area contributed by atoms with E-state index in [-0.39, 0.29) is 19.1 Å². The van der Waals surface area contributed by atoms with Gasteiger partial charge in [-0.15, -0.1) is 11.3 Å². The molecule has 216 valence electrons. The molecule has 0 atom stereocenters. The summed E-state index contributed by atoms with van der Waals surface area (Å²) in [5, 5.41) is 5.13. The first kappa shape index (κ1) is 29.6. The van der Waals surface area contributed by atoms with E-state index in [0.29, 0.717) is 0 Å². The lowest BCUT2D eigenvalue weighted by atomic mass is 9.77. The van der Waals surface area contributed by atoms with Crippen LogP contribution in [0.4, 0.5) is 4.79 Å². The summed E-state index contributed by atoms with van der Waals surface area (Å²) in [7, 11) is -0.552. The first-order valence-electron chi connectivity index (χ1n) is 14.9. The highest BCUT2D eigenvalue weighted by atomic mass is 32.1. The Morgan fingerprint density at radius 2 is 1.59 bits per heavy atom. The van der Waals surface area contributed by atoms with Crippen LogP contribution in [0, 0.1) is 0 Å². The molecule has 1 N–H and O–H groups in total. The van der Waals surface area contributed by atoms with Gasteiger partial charge in [-0.2, -0.15) is 0 Å². The van der Waals surface area contributed by atoms with Crippen molar-refractivity contribution in [1.82, 2.24) is 5.32 Å². The maximum Gasteiger partial charge on any atom is 0.492 e. The second-order valence-electron chi connectivity index (χ2n) is 12.1. The average Bonchev–Trinajstić information content (AvgIpc) is 3.59. The van der Waals surface area contributed by atoms with Crippen LogP contribution in [0.25, 0.3) is 17.2 Å². The molecular weight excluding hydrogens is 529 g/mol. The van der Waals surface area contributed by atoms with Crippen molar-refractivity contribution in [3.8, 4) is 11.1 Å². The van der Waals surface area contributed by atoms with Crippen molar-refractivity contribution in [2.75, 3.05) is 13.2 Å². The zero-order chi connectivity index (χ0) is 29.0. The van der Waals surface area contributed by atoms with Crippen LogP contribution < -0.4 is 5.32 Å². The molecule has 3 aromatic rings. The molecule has 1 saturated heterocycles. The van der Waals surface area contributed by atoms with Crippen LogP contribution in [-0.2, 0) is 20.5 Å². The van der Waals surface area contributed by atoms with Gasteiger partial charge in [-0.1, -0.05) is 74.7 Å². The van der Waals surface area contributed by atoms with Gasteiger partial charge in [0.2, 0.25) is 0 Å². The summed E-state index contributed by atoms with van der Waals surface area (Å²) in [5.74, 6) is 0.0210. The fraction of sp³-hybridized carbons (Fsp3) is 0.441. The van der Waals surface area contributed by atoms with Crippen LogP contribution >= 0.6 is 11.3 Å². The zero-order valence-corrected chi connectivity index (χ0v) is 25.8. The van der Waals surface area contributed by atoms with Gasteiger partial charge in [-0.05, 0) is 91.3 Å². The number of alkyl carbamates (subject to hydrolysis) is 1. The van der Waals surface area contributed by atoms with Crippen molar-refractivity contribution in [2.24, 2.45) is 0 Å². The van der Waals surface area contributed by atoms with Crippen molar-refractivity contribution in [2.45, 2.75) is 83.8 Å². The maximum atomic E-state index is 13.0. The number of aryl methyl sites for hydroxylation is 1. The van der Waals surface area contributed by atoms with Gasteiger partial charge in [0.15, 0.2) is 0 Å². The van der Waals surface area contributed by atoms with Gasteiger partial charge in [0.1, 0.15) is 6.61 Å². The summed E-state index contributed by atoms with van der Waals surface area (Å²) in [6, 6.07) is 18.9. The van der Waals surface area contributed by atoms with Crippen molar-refractivity contribution < 1.29 is 18.8 Å². The number of benzene rings is 2. The number of ether oxygens (including phenoxy) is 1. The van der Waals surface area contributed by atoms with Gasteiger partial charge in [0.25, 0.3) is 0 Å². The Morgan fingerprint density at radius 3 is 2.22 bits per heavy atom. The Balaban J connectivity index is 1.28. The molecule has 5 nitrogen and oxygen atoms in total. The molecule has 0 bridgehead atoms. The SMILES string of the molecule is CCCCCCc1ccsc1C=C(CNC(=O)OCC1c2ccccc2-c2ccccc21)B1OC(C)(C)C(C)(C)O1. The normalized spacial score (nSPS) is 17.4. The van der Waals surface area contributed by atoms with Gasteiger partial charge >= 0.3 is 13.2 Å². The predicted octanol–water partition coefficient (Wildman–Crippen LogP) is 8.42. The third kappa shape index (κ3) is 6.48. The molecule has 2 aromatic carbocycles. The van der Waals surface area contributed by atoms with Crippen LogP contribution in [0.3, 0.4) is 0 Å². The lowest BCUT2D eigenvalue weighted by Gasteiger charge is -2.32. The molecule has 2 heterocycles. The highest BCUT2D eigenvalue weighted by Gasteiger charge is 2.52. The van der Waals surface area contributed by atoms with Crippen molar-refractivity contribution in [3.63, 3.8) is 0 Å². The van der Waals surface area contributed by atoms with Crippen molar-refractivity contribution >= 4 is 30.6 Å². The molecule has 0 radical (unpaired) electrons. The minimum Gasteiger partial charge on any atom is -0.449 e. The number of nitrogens with one attached hydrogen (secondary N) is 1. The number of hydrogen-bond donors (Lipinski definition) is 1. The van der Waals surface area contributed by atoms with Gasteiger partial charge in [-0.3, -0.25) is 0 Å². The van der Waals surface area contributed by atoms with Crippen LogP contribution in [0.15, 0.2) is 65.4 Å². The molecule has 1 aliphatic carbocycles. The monoisotopic (exact) mass is 571 g/mol. The summed E-state index contributed by atoms with van der Waals surface area (Å²) in [6.45, 7) is 11.0. The van der Waals surface area contributed by atoms with E-state index in [4.69, 9.17) is 14.0 Å². The second-order valence-corrected chi connectivity index (χ2v) is 13.1. The number of thiophene rings is 1. The third-order valence-corrected chi connectivity index (χ3v) is 9.64. The van der Waals surface area contributed by atoms with Gasteiger partial charge in [0.05, 0.1) is 11.2 Å². The van der Waals surface area contributed by atoms with E-state index in [0.717, 1.165) is 11.9 Å². The minimum absolute atomic E-state index is 0.0210. The number of carbonyl (C=O) groups excluding carboxylic acids is 1. The molecule has 5 rings (SSSR count). The topological polar surface area (TPSA) is 56.8 Å². The summed E-state index contributed by atoms with van der Waals surface area (Å²) >= 11 is 1.72. The van der Waals surface area contributed by atoms with E-state index >= 15 is 0 Å². The predicted molar refractivity (Wildman–Crippen MR) is 169 cm³/mol. The Bertz CT molecular complexity index is 1330. The molecule has 1 fully saturated rings. The molecule has 1 aliphatic heterocycles. The number of unbranched alkanes of at least 4 members (excludes halogenated alkanes) is 3. The molecule has 0 spiro atoms. The molecule has 7 heteroatoms. The average molecular weight is 572 g/mol. The first-order valence-corrected chi connectivity index (χ1v) is 15.8. The third-order valence-electron chi connectivity index (χ3n) is 8.73. The molecule has 1 aromatic heterocycles. The summed E-state index contributed by atoms with van der Waals surface area (Å²) in [5.41, 5.74) is 6.09.